The lowest BCUT2D eigenvalue weighted by molar-refractivity contribution is 0.414. The molecule has 0 amide bonds. The van der Waals surface area contributed by atoms with Gasteiger partial charge in [0.05, 0.1) is 24.7 Å². The van der Waals surface area contributed by atoms with Crippen LogP contribution in [0.1, 0.15) is 0 Å². The second-order valence-corrected chi connectivity index (χ2v) is 6.03. The summed E-state index contributed by atoms with van der Waals surface area (Å²) in [7, 11) is -0.790. The number of nitrogens with zero attached hydrogens (tertiary/aromatic N) is 2. The molecule has 0 saturated heterocycles. The molecule has 0 aliphatic rings. The molecule has 0 spiro atoms. The van der Waals surface area contributed by atoms with E-state index in [4.69, 9.17) is 10.5 Å². The van der Waals surface area contributed by atoms with Crippen molar-refractivity contribution < 1.29 is 13.2 Å². The van der Waals surface area contributed by atoms with Gasteiger partial charge in [-0.1, -0.05) is 0 Å². The number of pyridine rings is 1. The summed E-state index contributed by atoms with van der Waals surface area (Å²) in [6, 6.07) is 7.78. The summed E-state index contributed by atoms with van der Waals surface area (Å²) in [4.78, 5) is 3.94. The van der Waals surface area contributed by atoms with Crippen molar-refractivity contribution in [3.8, 4) is 5.75 Å². The van der Waals surface area contributed by atoms with Gasteiger partial charge >= 0.3 is 0 Å². The average Bonchev–Trinajstić information content (AvgIpc) is 2.46. The topological polar surface area (TPSA) is 85.5 Å². The molecule has 1 heterocycles. The van der Waals surface area contributed by atoms with Gasteiger partial charge in [0, 0.05) is 19.3 Å². The van der Waals surface area contributed by atoms with Crippen LogP contribution in [0.25, 0.3) is 0 Å². The van der Waals surface area contributed by atoms with E-state index in [0.29, 0.717) is 11.4 Å². The first-order chi connectivity index (χ1) is 9.46. The van der Waals surface area contributed by atoms with E-state index < -0.39 is 10.0 Å². The van der Waals surface area contributed by atoms with Crippen LogP contribution in [-0.4, -0.2) is 27.6 Å². The number of aromatic nitrogens is 1. The molecule has 106 valence electrons. The lowest BCUT2D eigenvalue weighted by atomic mass is 10.3. The van der Waals surface area contributed by atoms with Crippen molar-refractivity contribution in [3.63, 3.8) is 0 Å². The number of hydrogen-bond acceptors (Lipinski definition) is 5. The van der Waals surface area contributed by atoms with Gasteiger partial charge in [-0.25, -0.2) is 8.42 Å². The van der Waals surface area contributed by atoms with Crippen molar-refractivity contribution in [2.24, 2.45) is 0 Å². The number of methoxy groups -OCH3 is 1. The van der Waals surface area contributed by atoms with Gasteiger partial charge in [0.25, 0.3) is 10.0 Å². The van der Waals surface area contributed by atoms with E-state index in [-0.39, 0.29) is 10.6 Å². The minimum absolute atomic E-state index is 0.0321. The third kappa shape index (κ3) is 2.53. The SMILES string of the molecule is COc1ccc(S(=O)(=O)N(C)c2cccnc2)c(N)c1. The lowest BCUT2D eigenvalue weighted by Gasteiger charge is -2.20. The molecular weight excluding hydrogens is 278 g/mol. The Bertz CT molecular complexity index is 702. The Labute approximate surface area is 117 Å². The van der Waals surface area contributed by atoms with Gasteiger partial charge in [-0.2, -0.15) is 0 Å². The highest BCUT2D eigenvalue weighted by atomic mass is 32.2. The number of rotatable bonds is 4. The zero-order valence-electron chi connectivity index (χ0n) is 11.1. The van der Waals surface area contributed by atoms with Gasteiger partial charge in [-0.05, 0) is 24.3 Å². The normalized spacial score (nSPS) is 11.1. The number of benzene rings is 1. The van der Waals surface area contributed by atoms with Crippen LogP contribution in [0.4, 0.5) is 11.4 Å². The number of ether oxygens (including phenoxy) is 1. The quantitative estimate of drug-likeness (QED) is 0.863. The Morgan fingerprint density at radius 2 is 2.05 bits per heavy atom. The second kappa shape index (κ2) is 5.38. The predicted molar refractivity (Wildman–Crippen MR) is 77.2 cm³/mol. The molecule has 0 unspecified atom stereocenters. The minimum Gasteiger partial charge on any atom is -0.497 e. The van der Waals surface area contributed by atoms with Gasteiger partial charge < -0.3 is 10.5 Å². The molecular formula is C13H15N3O3S. The van der Waals surface area contributed by atoms with Gasteiger partial charge in [-0.3, -0.25) is 9.29 Å². The highest BCUT2D eigenvalue weighted by molar-refractivity contribution is 7.93. The molecule has 0 aliphatic heterocycles. The van der Waals surface area contributed by atoms with E-state index >= 15 is 0 Å². The molecule has 2 rings (SSSR count). The van der Waals surface area contributed by atoms with Crippen LogP contribution in [0, 0.1) is 0 Å². The third-order valence-corrected chi connectivity index (χ3v) is 4.72. The maximum atomic E-state index is 12.5. The smallest absolute Gasteiger partial charge is 0.266 e. The van der Waals surface area contributed by atoms with E-state index in [0.717, 1.165) is 4.31 Å². The standard InChI is InChI=1S/C13H15N3O3S/c1-16(10-4-3-7-15-9-10)20(17,18)13-6-5-11(19-2)8-12(13)14/h3-9H,14H2,1-2H3. The molecule has 0 saturated carbocycles. The van der Waals surface area contributed by atoms with Crippen molar-refractivity contribution in [3.05, 3.63) is 42.7 Å². The maximum Gasteiger partial charge on any atom is 0.266 e. The largest absolute Gasteiger partial charge is 0.497 e. The second-order valence-electron chi connectivity index (χ2n) is 4.09. The van der Waals surface area contributed by atoms with Crippen molar-refractivity contribution in [2.45, 2.75) is 4.90 Å². The molecule has 6 nitrogen and oxygen atoms in total. The molecule has 7 heteroatoms. The lowest BCUT2D eigenvalue weighted by Crippen LogP contribution is -2.27. The Kier molecular flexibility index (Phi) is 3.80. The summed E-state index contributed by atoms with van der Waals surface area (Å²) < 4.78 is 31.2. The number of nitrogens with two attached hydrogens (primary N) is 1. The molecule has 0 fully saturated rings. The number of anilines is 2. The van der Waals surface area contributed by atoms with Gasteiger partial charge in [-0.15, -0.1) is 0 Å². The van der Waals surface area contributed by atoms with Crippen LogP contribution in [0.3, 0.4) is 0 Å². The van der Waals surface area contributed by atoms with Gasteiger partial charge in [0.2, 0.25) is 0 Å². The van der Waals surface area contributed by atoms with E-state index in [9.17, 15) is 8.42 Å². The van der Waals surface area contributed by atoms with E-state index in [2.05, 4.69) is 4.98 Å². The van der Waals surface area contributed by atoms with E-state index in [1.807, 2.05) is 0 Å². The fourth-order valence-electron chi connectivity index (χ4n) is 1.71. The van der Waals surface area contributed by atoms with Crippen LogP contribution in [-0.2, 0) is 10.0 Å². The van der Waals surface area contributed by atoms with Crippen LogP contribution >= 0.6 is 0 Å². The molecule has 1 aromatic carbocycles. The first-order valence-electron chi connectivity index (χ1n) is 5.79. The average molecular weight is 293 g/mol. The van der Waals surface area contributed by atoms with Crippen LogP contribution in [0.15, 0.2) is 47.6 Å². The minimum atomic E-state index is -3.73. The molecule has 0 aliphatic carbocycles. The Morgan fingerprint density at radius 3 is 2.60 bits per heavy atom. The number of hydrogen-bond donors (Lipinski definition) is 1. The fraction of sp³-hybridized carbons (Fsp3) is 0.154. The maximum absolute atomic E-state index is 12.5. The molecule has 0 bridgehead atoms. The highest BCUT2D eigenvalue weighted by Gasteiger charge is 2.24. The Balaban J connectivity index is 2.45. The molecule has 2 N–H and O–H groups in total. The predicted octanol–water partition coefficient (Wildman–Crippen LogP) is 1.50. The van der Waals surface area contributed by atoms with E-state index in [1.54, 1.807) is 24.4 Å². The molecule has 2 aromatic rings. The summed E-state index contributed by atoms with van der Waals surface area (Å²) in [5.41, 5.74) is 6.40. The van der Waals surface area contributed by atoms with Crippen molar-refractivity contribution in [1.82, 2.24) is 4.98 Å². The van der Waals surface area contributed by atoms with Crippen LogP contribution < -0.4 is 14.8 Å². The zero-order valence-corrected chi connectivity index (χ0v) is 12.0. The first kappa shape index (κ1) is 14.1. The first-order valence-corrected chi connectivity index (χ1v) is 7.23. The monoisotopic (exact) mass is 293 g/mol. The number of sulfonamides is 1. The molecule has 20 heavy (non-hydrogen) atoms. The summed E-state index contributed by atoms with van der Waals surface area (Å²) in [5.74, 6) is 0.505. The third-order valence-electron chi connectivity index (χ3n) is 2.86. The molecule has 0 atom stereocenters. The summed E-state index contributed by atoms with van der Waals surface area (Å²) >= 11 is 0. The van der Waals surface area contributed by atoms with Crippen molar-refractivity contribution >= 4 is 21.4 Å². The van der Waals surface area contributed by atoms with Crippen LogP contribution in [0.5, 0.6) is 5.75 Å². The summed E-state index contributed by atoms with van der Waals surface area (Å²) in [5, 5.41) is 0. The summed E-state index contributed by atoms with van der Waals surface area (Å²) in [6.45, 7) is 0. The molecule has 0 radical (unpaired) electrons. The Morgan fingerprint density at radius 1 is 1.30 bits per heavy atom. The summed E-state index contributed by atoms with van der Waals surface area (Å²) in [6.07, 6.45) is 3.04. The van der Waals surface area contributed by atoms with E-state index in [1.165, 1.54) is 32.5 Å². The zero-order chi connectivity index (χ0) is 14.8. The fourth-order valence-corrected chi connectivity index (χ4v) is 2.99. The van der Waals surface area contributed by atoms with Gasteiger partial charge in [0.15, 0.2) is 0 Å². The highest BCUT2D eigenvalue weighted by Crippen LogP contribution is 2.28. The Hall–Kier alpha value is -2.28. The molecule has 1 aromatic heterocycles. The van der Waals surface area contributed by atoms with Crippen molar-refractivity contribution in [1.29, 1.82) is 0 Å². The van der Waals surface area contributed by atoms with Crippen molar-refractivity contribution in [2.75, 3.05) is 24.2 Å². The number of nitrogen functional groups attached to an aromatic ring is 1. The van der Waals surface area contributed by atoms with Gasteiger partial charge in [0.1, 0.15) is 10.6 Å². The van der Waals surface area contributed by atoms with Crippen LogP contribution in [0.2, 0.25) is 0 Å².